The van der Waals surface area contributed by atoms with Gasteiger partial charge in [0.1, 0.15) is 10.8 Å². The molecule has 0 saturated heterocycles. The van der Waals surface area contributed by atoms with Gasteiger partial charge in [0.05, 0.1) is 5.69 Å². The predicted octanol–water partition coefficient (Wildman–Crippen LogP) is 2.48. The average molecular weight is 251 g/mol. The molecule has 0 atom stereocenters. The highest BCUT2D eigenvalue weighted by molar-refractivity contribution is 7.99. The van der Waals surface area contributed by atoms with E-state index in [1.54, 1.807) is 10.7 Å². The van der Waals surface area contributed by atoms with Crippen molar-refractivity contribution in [2.24, 2.45) is 12.8 Å². The first-order valence-corrected chi connectivity index (χ1v) is 6.09. The number of aromatic nitrogens is 2. The van der Waals surface area contributed by atoms with Crippen LogP contribution in [0, 0.1) is 12.7 Å². The number of benzene rings is 1. The lowest BCUT2D eigenvalue weighted by molar-refractivity contribution is 0.624. The number of aryl methyl sites for hydroxylation is 2. The normalized spacial score (nSPS) is 10.8. The molecule has 0 spiro atoms. The van der Waals surface area contributed by atoms with Crippen LogP contribution in [0.2, 0.25) is 0 Å². The Labute approximate surface area is 104 Å². The molecule has 1 heterocycles. The summed E-state index contributed by atoms with van der Waals surface area (Å²) in [6.45, 7) is 2.37. The van der Waals surface area contributed by atoms with Crippen molar-refractivity contribution in [1.82, 2.24) is 9.78 Å². The van der Waals surface area contributed by atoms with Gasteiger partial charge in [-0.3, -0.25) is 4.68 Å². The topological polar surface area (TPSA) is 43.8 Å². The van der Waals surface area contributed by atoms with Gasteiger partial charge in [0.25, 0.3) is 0 Å². The van der Waals surface area contributed by atoms with Gasteiger partial charge in [-0.05, 0) is 25.1 Å². The molecule has 0 bridgehead atoms. The fourth-order valence-corrected chi connectivity index (χ4v) is 2.75. The summed E-state index contributed by atoms with van der Waals surface area (Å²) in [5.74, 6) is -0.233. The summed E-state index contributed by atoms with van der Waals surface area (Å²) in [5.41, 5.74) is 7.65. The second-order valence-corrected chi connectivity index (χ2v) is 4.82. The van der Waals surface area contributed by atoms with Crippen LogP contribution in [-0.2, 0) is 13.6 Å². The quantitative estimate of drug-likeness (QED) is 0.911. The average Bonchev–Trinajstić information content (AvgIpc) is 2.53. The lowest BCUT2D eigenvalue weighted by Gasteiger charge is -2.04. The summed E-state index contributed by atoms with van der Waals surface area (Å²) >= 11 is 1.48. The molecule has 0 unspecified atom stereocenters. The zero-order valence-corrected chi connectivity index (χ0v) is 10.6. The van der Waals surface area contributed by atoms with E-state index in [0.29, 0.717) is 6.54 Å². The van der Waals surface area contributed by atoms with Crippen molar-refractivity contribution in [2.75, 3.05) is 0 Å². The maximum absolute atomic E-state index is 13.1. The lowest BCUT2D eigenvalue weighted by atomic mass is 10.3. The van der Waals surface area contributed by atoms with E-state index in [1.807, 2.05) is 20.0 Å². The van der Waals surface area contributed by atoms with Crippen LogP contribution in [0.4, 0.5) is 4.39 Å². The Kier molecular flexibility index (Phi) is 3.49. The molecule has 1 aromatic heterocycles. The van der Waals surface area contributed by atoms with E-state index in [1.165, 1.54) is 23.9 Å². The van der Waals surface area contributed by atoms with Crippen LogP contribution in [-0.4, -0.2) is 9.78 Å². The summed E-state index contributed by atoms with van der Waals surface area (Å²) in [7, 11) is 1.87. The van der Waals surface area contributed by atoms with Crippen molar-refractivity contribution in [3.63, 3.8) is 0 Å². The van der Waals surface area contributed by atoms with Crippen molar-refractivity contribution in [2.45, 2.75) is 23.4 Å². The van der Waals surface area contributed by atoms with Crippen LogP contribution in [0.3, 0.4) is 0 Å². The van der Waals surface area contributed by atoms with Gasteiger partial charge >= 0.3 is 0 Å². The zero-order chi connectivity index (χ0) is 12.4. The van der Waals surface area contributed by atoms with Gasteiger partial charge in [-0.15, -0.1) is 0 Å². The van der Waals surface area contributed by atoms with Crippen LogP contribution in [0.1, 0.15) is 11.3 Å². The molecule has 90 valence electrons. The molecule has 0 fully saturated rings. The molecule has 0 aliphatic heterocycles. The summed E-state index contributed by atoms with van der Waals surface area (Å²) in [4.78, 5) is 0.850. The van der Waals surface area contributed by atoms with Gasteiger partial charge in [0.15, 0.2) is 0 Å². The van der Waals surface area contributed by atoms with Crippen molar-refractivity contribution in [3.05, 3.63) is 41.3 Å². The Morgan fingerprint density at radius 1 is 1.47 bits per heavy atom. The maximum Gasteiger partial charge on any atom is 0.124 e. The Morgan fingerprint density at radius 2 is 2.24 bits per heavy atom. The molecule has 3 nitrogen and oxygen atoms in total. The summed E-state index contributed by atoms with van der Waals surface area (Å²) in [6, 6.07) is 6.51. The van der Waals surface area contributed by atoms with E-state index in [4.69, 9.17) is 5.73 Å². The Morgan fingerprint density at radius 3 is 2.88 bits per heavy atom. The van der Waals surface area contributed by atoms with Gasteiger partial charge in [0.2, 0.25) is 0 Å². The number of hydrogen-bond donors (Lipinski definition) is 1. The largest absolute Gasteiger partial charge is 0.326 e. The summed E-state index contributed by atoms with van der Waals surface area (Å²) < 4.78 is 14.9. The molecule has 1 aromatic carbocycles. The first kappa shape index (κ1) is 12.1. The molecule has 5 heteroatoms. The van der Waals surface area contributed by atoms with Crippen LogP contribution in [0.15, 0.2) is 34.2 Å². The highest BCUT2D eigenvalue weighted by Gasteiger charge is 2.13. The fraction of sp³-hybridized carbons (Fsp3) is 0.250. The molecule has 0 saturated carbocycles. The predicted molar refractivity (Wildman–Crippen MR) is 66.4 cm³/mol. The minimum Gasteiger partial charge on any atom is -0.326 e. The monoisotopic (exact) mass is 251 g/mol. The summed E-state index contributed by atoms with van der Waals surface area (Å²) in [5, 5.41) is 5.29. The molecular weight excluding hydrogens is 237 g/mol. The van der Waals surface area contributed by atoms with Crippen molar-refractivity contribution >= 4 is 11.8 Å². The van der Waals surface area contributed by atoms with Crippen molar-refractivity contribution < 1.29 is 4.39 Å². The standard InChI is InChI=1S/C12H14FN3S/c1-8-11(7-14)12(16(2)15-8)17-10-5-3-4-9(13)6-10/h3-6H,7,14H2,1-2H3. The van der Waals surface area contributed by atoms with E-state index in [0.717, 1.165) is 21.2 Å². The maximum atomic E-state index is 13.1. The number of halogens is 1. The third-order valence-corrected chi connectivity index (χ3v) is 3.70. The van der Waals surface area contributed by atoms with Gasteiger partial charge < -0.3 is 5.73 Å². The molecule has 0 radical (unpaired) electrons. The van der Waals surface area contributed by atoms with E-state index in [9.17, 15) is 4.39 Å². The smallest absolute Gasteiger partial charge is 0.124 e. The summed E-state index contributed by atoms with van der Waals surface area (Å²) in [6.07, 6.45) is 0. The van der Waals surface area contributed by atoms with Crippen LogP contribution < -0.4 is 5.73 Å². The molecule has 0 aliphatic rings. The van der Waals surface area contributed by atoms with Gasteiger partial charge in [-0.2, -0.15) is 5.10 Å². The number of rotatable bonds is 3. The van der Waals surface area contributed by atoms with E-state index >= 15 is 0 Å². The van der Waals surface area contributed by atoms with Gasteiger partial charge in [-0.25, -0.2) is 4.39 Å². The molecule has 2 N–H and O–H groups in total. The molecule has 2 aromatic rings. The number of hydrogen-bond acceptors (Lipinski definition) is 3. The highest BCUT2D eigenvalue weighted by atomic mass is 32.2. The fourth-order valence-electron chi connectivity index (χ4n) is 1.69. The third kappa shape index (κ3) is 2.50. The highest BCUT2D eigenvalue weighted by Crippen LogP contribution is 2.31. The van der Waals surface area contributed by atoms with Crippen LogP contribution >= 0.6 is 11.8 Å². The van der Waals surface area contributed by atoms with E-state index < -0.39 is 0 Å². The molecular formula is C12H14FN3S. The molecule has 2 rings (SSSR count). The second-order valence-electron chi connectivity index (χ2n) is 3.76. The number of nitrogens with two attached hydrogens (primary N) is 1. The lowest BCUT2D eigenvalue weighted by Crippen LogP contribution is -1.99. The van der Waals surface area contributed by atoms with Crippen LogP contribution in [0.25, 0.3) is 0 Å². The Balaban J connectivity index is 2.36. The van der Waals surface area contributed by atoms with Crippen molar-refractivity contribution in [1.29, 1.82) is 0 Å². The zero-order valence-electron chi connectivity index (χ0n) is 9.77. The molecule has 0 amide bonds. The Hall–Kier alpha value is -1.33. The molecule has 0 aliphatic carbocycles. The minimum atomic E-state index is -0.233. The SMILES string of the molecule is Cc1nn(C)c(Sc2cccc(F)c2)c1CN. The van der Waals surface area contributed by atoms with Crippen LogP contribution in [0.5, 0.6) is 0 Å². The third-order valence-electron chi connectivity index (χ3n) is 2.50. The Bertz CT molecular complexity index is 537. The first-order chi connectivity index (χ1) is 8.11. The van der Waals surface area contributed by atoms with Crippen molar-refractivity contribution in [3.8, 4) is 0 Å². The van der Waals surface area contributed by atoms with E-state index in [-0.39, 0.29) is 5.82 Å². The minimum absolute atomic E-state index is 0.233. The second kappa shape index (κ2) is 4.89. The van der Waals surface area contributed by atoms with Gasteiger partial charge in [0, 0.05) is 24.1 Å². The number of nitrogens with zero attached hydrogens (tertiary/aromatic N) is 2. The first-order valence-electron chi connectivity index (χ1n) is 5.27. The van der Waals surface area contributed by atoms with E-state index in [2.05, 4.69) is 5.10 Å². The van der Waals surface area contributed by atoms with Gasteiger partial charge in [-0.1, -0.05) is 17.8 Å². The molecule has 17 heavy (non-hydrogen) atoms.